The van der Waals surface area contributed by atoms with Crippen LogP contribution in [0.5, 0.6) is 0 Å². The molecule has 0 atom stereocenters. The van der Waals surface area contributed by atoms with E-state index in [1.54, 1.807) is 0 Å². The zero-order valence-corrected chi connectivity index (χ0v) is 30.2. The van der Waals surface area contributed by atoms with Gasteiger partial charge in [0.15, 0.2) is 0 Å². The van der Waals surface area contributed by atoms with Gasteiger partial charge < -0.3 is 21.3 Å². The molecule has 8 heteroatoms. The number of benzene rings is 2. The Hall–Kier alpha value is -4.20. The Balaban J connectivity index is 1.66. The monoisotopic (exact) mass is 648 g/mol. The molecule has 2 aromatic carbocycles. The van der Waals surface area contributed by atoms with Crippen LogP contribution in [0.1, 0.15) is 102 Å². The number of rotatable bonds is 16. The molecule has 0 saturated heterocycles. The Morgan fingerprint density at radius 2 is 0.771 bits per heavy atom. The van der Waals surface area contributed by atoms with Crippen LogP contribution in [0, 0.1) is 23.7 Å². The van der Waals surface area contributed by atoms with E-state index in [1.807, 2.05) is 0 Å². The number of anilines is 4. The lowest BCUT2D eigenvalue weighted by Gasteiger charge is -2.52. The minimum absolute atomic E-state index is 0.108. The average Bonchev–Trinajstić information content (AvgIpc) is 3.05. The minimum Gasteiger partial charge on any atom is -0.370 e. The molecule has 0 spiro atoms. The molecule has 4 aromatic rings. The molecule has 1 fully saturated rings. The predicted molar refractivity (Wildman–Crippen MR) is 201 cm³/mol. The van der Waals surface area contributed by atoms with E-state index in [0.29, 0.717) is 35.6 Å². The zero-order valence-electron chi connectivity index (χ0n) is 30.2. The fourth-order valence-corrected chi connectivity index (χ4v) is 6.48. The molecule has 0 radical (unpaired) electrons. The van der Waals surface area contributed by atoms with Gasteiger partial charge in [0.2, 0.25) is 11.9 Å². The molecule has 0 bridgehead atoms. The van der Waals surface area contributed by atoms with Crippen LogP contribution in [0.15, 0.2) is 72.8 Å². The molecular formula is C40H56N8. The summed E-state index contributed by atoms with van der Waals surface area (Å²) in [5.74, 6) is 5.53. The van der Waals surface area contributed by atoms with Crippen molar-refractivity contribution in [3.05, 3.63) is 95.3 Å². The number of nitrogens with one attached hydrogen (secondary N) is 4. The standard InChI is InChI=1S/C40H56N8/c1-25(2)21-41-33-19-31(45-39(47-33)43-23-27(5)6)37-35(29-15-11-9-12-16-29)38(36(37)30-17-13-10-14-18-30)32-20-34(42-22-26(3)4)48-40(46-32)44-24-28(7)8/h9-20,25-28,35-38H,21-24H2,1-8H3,(H2,41,43,45,47)(H2,42,44,46,48). The van der Waals surface area contributed by atoms with Crippen molar-refractivity contribution in [3.63, 3.8) is 0 Å². The molecule has 4 N–H and O–H groups in total. The third-order valence-electron chi connectivity index (χ3n) is 8.81. The van der Waals surface area contributed by atoms with Gasteiger partial charge in [-0.1, -0.05) is 116 Å². The van der Waals surface area contributed by atoms with Gasteiger partial charge in [-0.05, 0) is 34.8 Å². The number of hydrogen-bond acceptors (Lipinski definition) is 8. The summed E-state index contributed by atoms with van der Waals surface area (Å²) in [7, 11) is 0. The van der Waals surface area contributed by atoms with Crippen LogP contribution in [-0.4, -0.2) is 46.1 Å². The van der Waals surface area contributed by atoms with E-state index >= 15 is 0 Å². The quantitative estimate of drug-likeness (QED) is 0.0956. The van der Waals surface area contributed by atoms with Gasteiger partial charge >= 0.3 is 0 Å². The third kappa shape index (κ3) is 9.03. The maximum atomic E-state index is 5.25. The summed E-state index contributed by atoms with van der Waals surface area (Å²) in [6, 6.07) is 26.2. The van der Waals surface area contributed by atoms with E-state index in [2.05, 4.69) is 149 Å². The highest BCUT2D eigenvalue weighted by Gasteiger charge is 2.54. The molecular weight excluding hydrogens is 592 g/mol. The molecule has 8 nitrogen and oxygen atoms in total. The van der Waals surface area contributed by atoms with Crippen molar-refractivity contribution in [1.82, 2.24) is 19.9 Å². The first kappa shape index (κ1) is 35.1. The Morgan fingerprint density at radius 1 is 0.438 bits per heavy atom. The van der Waals surface area contributed by atoms with E-state index < -0.39 is 0 Å². The van der Waals surface area contributed by atoms with Crippen LogP contribution >= 0.6 is 0 Å². The van der Waals surface area contributed by atoms with Crippen LogP contribution in [0.3, 0.4) is 0 Å². The van der Waals surface area contributed by atoms with Gasteiger partial charge in [-0.2, -0.15) is 9.97 Å². The van der Waals surface area contributed by atoms with Crippen molar-refractivity contribution >= 4 is 23.5 Å². The van der Waals surface area contributed by atoms with Gasteiger partial charge in [0.25, 0.3) is 0 Å². The third-order valence-corrected chi connectivity index (χ3v) is 8.81. The van der Waals surface area contributed by atoms with Crippen molar-refractivity contribution in [2.24, 2.45) is 23.7 Å². The van der Waals surface area contributed by atoms with Gasteiger partial charge in [-0.15, -0.1) is 0 Å². The van der Waals surface area contributed by atoms with Gasteiger partial charge in [0.1, 0.15) is 11.6 Å². The maximum absolute atomic E-state index is 5.25. The van der Waals surface area contributed by atoms with Crippen molar-refractivity contribution in [2.75, 3.05) is 47.4 Å². The first-order chi connectivity index (χ1) is 23.1. The summed E-state index contributed by atoms with van der Waals surface area (Å²) in [6.07, 6.45) is 0. The highest BCUT2D eigenvalue weighted by molar-refractivity contribution is 5.53. The summed E-state index contributed by atoms with van der Waals surface area (Å²) in [5, 5.41) is 14.3. The largest absolute Gasteiger partial charge is 0.370 e. The summed E-state index contributed by atoms with van der Waals surface area (Å²) < 4.78 is 0. The molecule has 2 heterocycles. The SMILES string of the molecule is CC(C)CNc1cc(C2C(c3ccccc3)C(c3cc(NCC(C)C)nc(NCC(C)C)n3)C2c2ccccc2)nc(NCC(C)C)n1. The summed E-state index contributed by atoms with van der Waals surface area (Å²) in [5.41, 5.74) is 4.68. The van der Waals surface area contributed by atoms with Crippen molar-refractivity contribution in [3.8, 4) is 0 Å². The maximum Gasteiger partial charge on any atom is 0.224 e. The molecule has 1 aliphatic carbocycles. The Bertz CT molecular complexity index is 1380. The lowest BCUT2D eigenvalue weighted by atomic mass is 9.50. The summed E-state index contributed by atoms with van der Waals surface area (Å²) in [6.45, 7) is 21.0. The average molecular weight is 649 g/mol. The summed E-state index contributed by atoms with van der Waals surface area (Å²) >= 11 is 0. The lowest BCUT2D eigenvalue weighted by Crippen LogP contribution is -2.41. The molecule has 48 heavy (non-hydrogen) atoms. The minimum atomic E-state index is 0.108. The normalized spacial score (nSPS) is 19.1. The van der Waals surface area contributed by atoms with Crippen LogP contribution < -0.4 is 21.3 Å². The molecule has 5 rings (SSSR count). The second-order valence-corrected chi connectivity index (χ2v) is 15.0. The smallest absolute Gasteiger partial charge is 0.224 e. The highest BCUT2D eigenvalue weighted by atomic mass is 15.2. The Kier molecular flexibility index (Phi) is 11.9. The van der Waals surface area contributed by atoms with Gasteiger partial charge in [-0.3, -0.25) is 0 Å². The number of nitrogens with zero attached hydrogens (tertiary/aromatic N) is 4. The van der Waals surface area contributed by atoms with Crippen molar-refractivity contribution in [2.45, 2.75) is 79.1 Å². The first-order valence-electron chi connectivity index (χ1n) is 17.9. The molecule has 1 aliphatic rings. The van der Waals surface area contributed by atoms with Crippen LogP contribution in [0.25, 0.3) is 0 Å². The van der Waals surface area contributed by atoms with E-state index in [9.17, 15) is 0 Å². The highest BCUT2D eigenvalue weighted by Crippen LogP contribution is 2.66. The predicted octanol–water partition coefficient (Wildman–Crippen LogP) is 8.99. The van der Waals surface area contributed by atoms with E-state index in [0.717, 1.165) is 49.2 Å². The number of aromatic nitrogens is 4. The lowest BCUT2D eigenvalue weighted by molar-refractivity contribution is 0.220. The first-order valence-corrected chi connectivity index (χ1v) is 17.9. The molecule has 2 aromatic heterocycles. The molecule has 0 aliphatic heterocycles. The van der Waals surface area contributed by atoms with Crippen LogP contribution in [0.2, 0.25) is 0 Å². The fourth-order valence-electron chi connectivity index (χ4n) is 6.48. The van der Waals surface area contributed by atoms with Crippen LogP contribution in [0.4, 0.5) is 23.5 Å². The second-order valence-electron chi connectivity index (χ2n) is 15.0. The van der Waals surface area contributed by atoms with Crippen LogP contribution in [-0.2, 0) is 0 Å². The fraction of sp³-hybridized carbons (Fsp3) is 0.500. The zero-order chi connectivity index (χ0) is 34.2. The summed E-state index contributed by atoms with van der Waals surface area (Å²) in [4.78, 5) is 20.3. The Labute approximate surface area is 288 Å². The van der Waals surface area contributed by atoms with E-state index in [-0.39, 0.29) is 23.7 Å². The van der Waals surface area contributed by atoms with E-state index in [1.165, 1.54) is 11.1 Å². The molecule has 0 amide bonds. The van der Waals surface area contributed by atoms with Crippen molar-refractivity contribution < 1.29 is 0 Å². The molecule has 0 unspecified atom stereocenters. The van der Waals surface area contributed by atoms with Gasteiger partial charge in [-0.25, -0.2) is 9.97 Å². The second kappa shape index (κ2) is 16.3. The number of hydrogen-bond donors (Lipinski definition) is 4. The Morgan fingerprint density at radius 3 is 1.10 bits per heavy atom. The van der Waals surface area contributed by atoms with Gasteiger partial charge in [0.05, 0.1) is 11.4 Å². The topological polar surface area (TPSA) is 99.7 Å². The van der Waals surface area contributed by atoms with Crippen molar-refractivity contribution in [1.29, 1.82) is 0 Å². The molecule has 256 valence electrons. The van der Waals surface area contributed by atoms with Gasteiger partial charge in [0, 0.05) is 62.0 Å². The molecule has 1 saturated carbocycles. The van der Waals surface area contributed by atoms with E-state index in [4.69, 9.17) is 19.9 Å².